The number of anilines is 2. The smallest absolute Gasteiger partial charge is 0.320 e. The van der Waals surface area contributed by atoms with Crippen molar-refractivity contribution in [3.8, 4) is 22.9 Å². The van der Waals surface area contributed by atoms with Crippen LogP contribution in [0.3, 0.4) is 0 Å². The van der Waals surface area contributed by atoms with Gasteiger partial charge in [0, 0.05) is 47.0 Å². The molecule has 2 aliphatic heterocycles. The Labute approximate surface area is 264 Å². The molecule has 3 heterocycles. The number of aromatic nitrogens is 2. The molecule has 0 spiro atoms. The summed E-state index contributed by atoms with van der Waals surface area (Å²) in [5, 5.41) is 20.6. The van der Waals surface area contributed by atoms with Gasteiger partial charge in [-0.15, -0.1) is 11.6 Å². The van der Waals surface area contributed by atoms with E-state index >= 15 is 0 Å². The minimum atomic E-state index is -0.411. The van der Waals surface area contributed by atoms with Crippen molar-refractivity contribution in [1.82, 2.24) is 20.0 Å². The molecule has 0 radical (unpaired) electrons. The number of hydrogen-bond acceptors (Lipinski definition) is 7. The molecule has 0 fully saturated rings. The number of carbonyl (C=O) groups is 1. The van der Waals surface area contributed by atoms with Gasteiger partial charge in [-0.05, 0) is 36.4 Å². The minimum Gasteiger partial charge on any atom is -0.506 e. The second kappa shape index (κ2) is 11.6. The van der Waals surface area contributed by atoms with Crippen molar-refractivity contribution in [3.05, 3.63) is 95.4 Å². The molecule has 3 aromatic carbocycles. The van der Waals surface area contributed by atoms with Gasteiger partial charge in [0.1, 0.15) is 23.1 Å². The zero-order valence-corrected chi connectivity index (χ0v) is 26.0. The molecule has 6 rings (SSSR count). The minimum absolute atomic E-state index is 0.0319. The fraction of sp³-hybridized carbons (Fsp3) is 0.226. The summed E-state index contributed by atoms with van der Waals surface area (Å²) >= 11 is 14.0. The molecule has 1 aromatic heterocycles. The molecule has 222 valence electrons. The first-order chi connectivity index (χ1) is 20.6. The van der Waals surface area contributed by atoms with Crippen LogP contribution in [-0.4, -0.2) is 37.3 Å². The number of aromatic hydroxyl groups is 1. The summed E-state index contributed by atoms with van der Waals surface area (Å²) in [6.45, 7) is 6.35. The lowest BCUT2D eigenvalue weighted by Gasteiger charge is -2.23. The summed E-state index contributed by atoms with van der Waals surface area (Å²) in [4.78, 5) is 18.5. The van der Waals surface area contributed by atoms with Gasteiger partial charge in [-0.2, -0.15) is 5.10 Å². The van der Waals surface area contributed by atoms with Crippen LogP contribution in [0.5, 0.6) is 17.2 Å². The van der Waals surface area contributed by atoms with Crippen LogP contribution in [0.4, 0.5) is 16.3 Å². The molecule has 0 aliphatic carbocycles. The molecule has 2 aliphatic rings. The van der Waals surface area contributed by atoms with Gasteiger partial charge in [0.2, 0.25) is 0 Å². The van der Waals surface area contributed by atoms with E-state index in [0.717, 1.165) is 21.8 Å². The van der Waals surface area contributed by atoms with Crippen molar-refractivity contribution in [3.63, 3.8) is 0 Å². The Morgan fingerprint density at radius 2 is 1.91 bits per heavy atom. The number of rotatable bonds is 7. The van der Waals surface area contributed by atoms with Crippen LogP contribution in [0.1, 0.15) is 32.0 Å². The maximum Gasteiger partial charge on any atom is 0.320 e. The van der Waals surface area contributed by atoms with Gasteiger partial charge in [0.25, 0.3) is 0 Å². The summed E-state index contributed by atoms with van der Waals surface area (Å²) < 4.78 is 7.91. The van der Waals surface area contributed by atoms with Crippen molar-refractivity contribution in [2.24, 2.45) is 0 Å². The first-order valence-electron chi connectivity index (χ1n) is 13.6. The predicted octanol–water partition coefficient (Wildman–Crippen LogP) is 7.82. The van der Waals surface area contributed by atoms with Gasteiger partial charge < -0.3 is 25.0 Å². The highest BCUT2D eigenvalue weighted by atomic mass is 35.5. The van der Waals surface area contributed by atoms with Crippen molar-refractivity contribution < 1.29 is 14.6 Å². The van der Waals surface area contributed by atoms with E-state index < -0.39 is 6.03 Å². The monoisotopic (exact) mass is 636 g/mol. The number of thioether (sulfide) groups is 1. The fourth-order valence-electron chi connectivity index (χ4n) is 4.74. The van der Waals surface area contributed by atoms with E-state index in [1.807, 2.05) is 75.6 Å². The lowest BCUT2D eigenvalue weighted by molar-refractivity contribution is 0.251. The standard InChI is InChI=1S/C31H30Cl2N6O3S/c1-31(2,3)27-16-28(39(36-27)20-8-10-24(40)22(33)14-20)35-29(41)34-17-19-6-4-5-7-25(19)42-21-9-11-26-23(15-21)38-13-12-37(18-32)30(38)43-26/h4-16,30,40H,17-18H2,1-3H3,(H2,34,35,41). The number of nitrogens with one attached hydrogen (secondary N) is 2. The third kappa shape index (κ3) is 5.95. The second-order valence-corrected chi connectivity index (χ2v) is 12.9. The van der Waals surface area contributed by atoms with Crippen LogP contribution in [0.2, 0.25) is 5.02 Å². The number of amides is 2. The lowest BCUT2D eigenvalue weighted by Crippen LogP contribution is -2.31. The summed E-state index contributed by atoms with van der Waals surface area (Å²) in [5.41, 5.74) is 3.11. The summed E-state index contributed by atoms with van der Waals surface area (Å²) in [6.07, 6.45) is 4.02. The molecule has 0 bridgehead atoms. The molecule has 4 aromatic rings. The van der Waals surface area contributed by atoms with Gasteiger partial charge in [0.15, 0.2) is 5.50 Å². The Morgan fingerprint density at radius 1 is 1.09 bits per heavy atom. The molecular formula is C31H30Cl2N6O3S. The molecule has 43 heavy (non-hydrogen) atoms. The molecule has 0 saturated carbocycles. The highest BCUT2D eigenvalue weighted by Crippen LogP contribution is 2.49. The lowest BCUT2D eigenvalue weighted by atomic mass is 9.92. The average molecular weight is 638 g/mol. The zero-order chi connectivity index (χ0) is 30.3. The third-order valence-corrected chi connectivity index (χ3v) is 8.94. The number of phenols is 1. The number of ether oxygens (including phenoxy) is 1. The number of hydrogen-bond donors (Lipinski definition) is 3. The maximum absolute atomic E-state index is 13.1. The van der Waals surface area contributed by atoms with E-state index in [1.165, 1.54) is 6.07 Å². The molecule has 2 amide bonds. The summed E-state index contributed by atoms with van der Waals surface area (Å²) in [7, 11) is 0. The maximum atomic E-state index is 13.1. The van der Waals surface area contributed by atoms with E-state index in [9.17, 15) is 9.90 Å². The van der Waals surface area contributed by atoms with Crippen molar-refractivity contribution >= 4 is 52.5 Å². The van der Waals surface area contributed by atoms with Gasteiger partial charge in [-0.1, -0.05) is 62.3 Å². The molecule has 9 nitrogen and oxygen atoms in total. The molecule has 1 unspecified atom stereocenters. The van der Waals surface area contributed by atoms with Gasteiger partial charge >= 0.3 is 6.03 Å². The number of alkyl halides is 1. The fourth-order valence-corrected chi connectivity index (χ4v) is 6.44. The van der Waals surface area contributed by atoms with Crippen LogP contribution >= 0.6 is 35.0 Å². The largest absolute Gasteiger partial charge is 0.506 e. The van der Waals surface area contributed by atoms with E-state index in [4.69, 9.17) is 33.0 Å². The summed E-state index contributed by atoms with van der Waals surface area (Å²) in [6, 6.07) is 20.2. The Balaban J connectivity index is 1.16. The van der Waals surface area contributed by atoms with Crippen LogP contribution in [0, 0.1) is 0 Å². The first-order valence-corrected chi connectivity index (χ1v) is 15.4. The number of phenolic OH excluding ortho intramolecular Hbond substituents is 1. The highest BCUT2D eigenvalue weighted by molar-refractivity contribution is 8.00. The molecule has 12 heteroatoms. The number of nitrogens with zero attached hydrogens (tertiary/aromatic N) is 4. The summed E-state index contributed by atoms with van der Waals surface area (Å²) in [5.74, 6) is 1.77. The van der Waals surface area contributed by atoms with Crippen LogP contribution < -0.4 is 20.3 Å². The second-order valence-electron chi connectivity index (χ2n) is 11.1. The van der Waals surface area contributed by atoms with Crippen molar-refractivity contribution in [1.29, 1.82) is 0 Å². The molecule has 0 saturated heterocycles. The quantitative estimate of drug-likeness (QED) is 0.141. The number of carbonyl (C=O) groups excluding carboxylic acids is 1. The van der Waals surface area contributed by atoms with Gasteiger partial charge in [-0.3, -0.25) is 5.32 Å². The highest BCUT2D eigenvalue weighted by Gasteiger charge is 2.36. The van der Waals surface area contributed by atoms with Crippen molar-refractivity contribution in [2.45, 2.75) is 43.1 Å². The number of urea groups is 1. The Kier molecular flexibility index (Phi) is 7.85. The number of halogens is 2. The topological polar surface area (TPSA) is 94.9 Å². The Morgan fingerprint density at radius 3 is 2.67 bits per heavy atom. The number of para-hydroxylation sites is 1. The van der Waals surface area contributed by atoms with Gasteiger partial charge in [-0.25, -0.2) is 9.48 Å². The third-order valence-electron chi connectivity index (χ3n) is 7.05. The van der Waals surface area contributed by atoms with E-state index in [2.05, 4.69) is 26.5 Å². The Bertz CT molecular complexity index is 1720. The van der Waals surface area contributed by atoms with E-state index in [-0.39, 0.29) is 28.2 Å². The Hall–Kier alpha value is -3.99. The molecular weight excluding hydrogens is 607 g/mol. The van der Waals surface area contributed by atoms with Gasteiger partial charge in [0.05, 0.1) is 28.1 Å². The van der Waals surface area contributed by atoms with E-state index in [1.54, 1.807) is 28.6 Å². The van der Waals surface area contributed by atoms with E-state index in [0.29, 0.717) is 29.0 Å². The van der Waals surface area contributed by atoms with Crippen LogP contribution in [-0.2, 0) is 12.0 Å². The average Bonchev–Trinajstić information content (AvgIpc) is 3.68. The van der Waals surface area contributed by atoms with Crippen LogP contribution in [0.25, 0.3) is 5.69 Å². The molecule has 1 atom stereocenters. The van der Waals surface area contributed by atoms with Crippen molar-refractivity contribution in [2.75, 3.05) is 16.2 Å². The molecule has 3 N–H and O–H groups in total. The first kappa shape index (κ1) is 29.1. The SMILES string of the molecule is CC(C)(C)c1cc(NC(=O)NCc2ccccc2Oc2ccc3c(c2)N2C=CN(CCl)C2S3)n(-c2ccc(O)c(Cl)c2)n1. The zero-order valence-electron chi connectivity index (χ0n) is 23.7. The normalized spacial score (nSPS) is 15.4. The number of benzene rings is 3. The predicted molar refractivity (Wildman–Crippen MR) is 172 cm³/mol. The van der Waals surface area contributed by atoms with Crippen LogP contribution in [0.15, 0.2) is 84.0 Å². The number of fused-ring (bicyclic) bond motifs is 3.